The molecule has 1 N–H and O–H groups in total. The minimum absolute atomic E-state index is 0.0826. The quantitative estimate of drug-likeness (QED) is 0.543. The van der Waals surface area contributed by atoms with E-state index in [9.17, 15) is 19.5 Å². The van der Waals surface area contributed by atoms with Gasteiger partial charge in [-0.3, -0.25) is 14.5 Å². The van der Waals surface area contributed by atoms with Gasteiger partial charge in [-0.2, -0.15) is 0 Å². The topological polar surface area (TPSA) is 83.9 Å². The number of carbonyl (C=O) groups is 3. The molecule has 6 nitrogen and oxygen atoms in total. The number of aliphatic hydroxyl groups is 1. The summed E-state index contributed by atoms with van der Waals surface area (Å²) < 4.78 is 4.73. The number of ether oxygens (including phenoxy) is 1. The zero-order chi connectivity index (χ0) is 23.4. The molecule has 0 bridgehead atoms. The molecule has 4 rings (SSSR count). The number of aliphatic hydroxyl groups excluding tert-OH is 1. The van der Waals surface area contributed by atoms with Gasteiger partial charge in [0.25, 0.3) is 5.91 Å². The fourth-order valence-electron chi connectivity index (χ4n) is 4.02. The molecule has 6 heteroatoms. The first-order valence-corrected chi connectivity index (χ1v) is 10.6. The molecule has 0 aliphatic carbocycles. The number of Topliss-reactive ketones (excluding diaryl/α,β-unsaturated/α-hetero) is 1. The van der Waals surface area contributed by atoms with Gasteiger partial charge in [-0.05, 0) is 41.8 Å². The van der Waals surface area contributed by atoms with Crippen molar-refractivity contribution in [3.63, 3.8) is 0 Å². The van der Waals surface area contributed by atoms with Crippen LogP contribution in [0, 0.1) is 0 Å². The molecule has 0 radical (unpaired) electrons. The predicted octanol–water partition coefficient (Wildman–Crippen LogP) is 4.58. The maximum Gasteiger partial charge on any atom is 0.337 e. The fraction of sp³-hybridized carbons (Fsp3) is 0.148. The number of aryl methyl sites for hydroxylation is 1. The van der Waals surface area contributed by atoms with E-state index in [1.807, 2.05) is 60.7 Å². The van der Waals surface area contributed by atoms with E-state index in [2.05, 4.69) is 0 Å². The number of rotatable bonds is 7. The summed E-state index contributed by atoms with van der Waals surface area (Å²) >= 11 is 0. The van der Waals surface area contributed by atoms with Crippen molar-refractivity contribution in [2.45, 2.75) is 18.9 Å². The molecule has 0 aromatic heterocycles. The van der Waals surface area contributed by atoms with Crippen LogP contribution in [0.15, 0.2) is 96.3 Å². The number of carbonyl (C=O) groups excluding carboxylic acids is 3. The van der Waals surface area contributed by atoms with Crippen LogP contribution in [0.25, 0.3) is 0 Å². The minimum Gasteiger partial charge on any atom is -0.503 e. The van der Waals surface area contributed by atoms with Crippen LogP contribution in [0.2, 0.25) is 0 Å². The van der Waals surface area contributed by atoms with Gasteiger partial charge in [0.1, 0.15) is 0 Å². The molecule has 3 aromatic carbocycles. The number of anilines is 1. The van der Waals surface area contributed by atoms with E-state index in [0.29, 0.717) is 23.2 Å². The molecule has 1 atom stereocenters. The van der Waals surface area contributed by atoms with Gasteiger partial charge in [0, 0.05) is 12.1 Å². The summed E-state index contributed by atoms with van der Waals surface area (Å²) in [6, 6.07) is 24.2. The summed E-state index contributed by atoms with van der Waals surface area (Å²) in [5.74, 6) is -1.98. The Labute approximate surface area is 191 Å². The summed E-state index contributed by atoms with van der Waals surface area (Å²) in [6.45, 7) is 0. The van der Waals surface area contributed by atoms with Gasteiger partial charge in [0.05, 0.1) is 24.3 Å². The highest BCUT2D eigenvalue weighted by atomic mass is 16.5. The molecule has 0 saturated heterocycles. The largest absolute Gasteiger partial charge is 0.503 e. The second-order valence-electron chi connectivity index (χ2n) is 7.70. The summed E-state index contributed by atoms with van der Waals surface area (Å²) in [5.41, 5.74) is 2.58. The van der Waals surface area contributed by atoms with Crippen molar-refractivity contribution in [1.82, 2.24) is 0 Å². The number of nitrogens with zero attached hydrogens (tertiary/aromatic N) is 1. The molecule has 0 fully saturated rings. The van der Waals surface area contributed by atoms with Gasteiger partial charge in [-0.1, -0.05) is 60.7 Å². The van der Waals surface area contributed by atoms with Gasteiger partial charge in [-0.25, -0.2) is 4.79 Å². The molecule has 3 aromatic rings. The minimum atomic E-state index is -0.772. The van der Waals surface area contributed by atoms with E-state index in [0.717, 1.165) is 5.56 Å². The van der Waals surface area contributed by atoms with E-state index in [1.54, 1.807) is 24.3 Å². The van der Waals surface area contributed by atoms with Crippen LogP contribution in [0.3, 0.4) is 0 Å². The Morgan fingerprint density at radius 1 is 0.909 bits per heavy atom. The number of methoxy groups -OCH3 is 1. The Morgan fingerprint density at radius 3 is 2.12 bits per heavy atom. The molecule has 33 heavy (non-hydrogen) atoms. The maximum absolute atomic E-state index is 13.3. The van der Waals surface area contributed by atoms with Crippen LogP contribution in [0.1, 0.15) is 33.9 Å². The molecule has 1 aliphatic rings. The third-order valence-corrected chi connectivity index (χ3v) is 5.67. The van der Waals surface area contributed by atoms with Gasteiger partial charge in [0.15, 0.2) is 11.5 Å². The van der Waals surface area contributed by atoms with Crippen molar-refractivity contribution < 1.29 is 24.2 Å². The highest BCUT2D eigenvalue weighted by molar-refractivity contribution is 6.16. The van der Waals surface area contributed by atoms with Crippen molar-refractivity contribution in [3.8, 4) is 0 Å². The van der Waals surface area contributed by atoms with Crippen molar-refractivity contribution in [3.05, 3.63) is 113 Å². The molecule has 1 heterocycles. The zero-order valence-electron chi connectivity index (χ0n) is 18.1. The lowest BCUT2D eigenvalue weighted by atomic mass is 9.93. The lowest BCUT2D eigenvalue weighted by Crippen LogP contribution is -2.31. The molecule has 0 spiro atoms. The predicted molar refractivity (Wildman–Crippen MR) is 124 cm³/mol. The number of esters is 1. The normalized spacial score (nSPS) is 15.6. The second kappa shape index (κ2) is 9.53. The van der Waals surface area contributed by atoms with Crippen LogP contribution in [-0.2, 0) is 20.7 Å². The van der Waals surface area contributed by atoms with Gasteiger partial charge in [-0.15, -0.1) is 0 Å². The molecule has 0 saturated carbocycles. The summed E-state index contributed by atoms with van der Waals surface area (Å²) in [7, 11) is 1.29. The Balaban J connectivity index is 1.69. The molecule has 1 amide bonds. The molecular formula is C27H23NO5. The smallest absolute Gasteiger partial charge is 0.337 e. The third-order valence-electron chi connectivity index (χ3n) is 5.67. The third kappa shape index (κ3) is 4.41. The summed E-state index contributed by atoms with van der Waals surface area (Å²) in [4.78, 5) is 39.6. The highest BCUT2D eigenvalue weighted by Crippen LogP contribution is 2.41. The highest BCUT2D eigenvalue weighted by Gasteiger charge is 2.44. The summed E-state index contributed by atoms with van der Waals surface area (Å²) in [5, 5.41) is 10.8. The number of hydrogen-bond donors (Lipinski definition) is 1. The van der Waals surface area contributed by atoms with Crippen molar-refractivity contribution >= 4 is 23.3 Å². The number of ketones is 1. The van der Waals surface area contributed by atoms with Crippen molar-refractivity contribution in [2.75, 3.05) is 12.0 Å². The molecular weight excluding hydrogens is 418 g/mol. The Hall–Kier alpha value is -4.19. The van der Waals surface area contributed by atoms with Crippen molar-refractivity contribution in [2.24, 2.45) is 0 Å². The summed E-state index contributed by atoms with van der Waals surface area (Å²) in [6.07, 6.45) is 0.662. The van der Waals surface area contributed by atoms with E-state index in [1.165, 1.54) is 12.0 Å². The number of amides is 1. The van der Waals surface area contributed by atoms with E-state index in [4.69, 9.17) is 4.74 Å². The number of benzene rings is 3. The van der Waals surface area contributed by atoms with Crippen LogP contribution in [-0.4, -0.2) is 29.9 Å². The van der Waals surface area contributed by atoms with Gasteiger partial charge >= 0.3 is 5.97 Å². The Kier molecular flexibility index (Phi) is 6.36. The van der Waals surface area contributed by atoms with Crippen molar-refractivity contribution in [1.29, 1.82) is 0 Å². The van der Waals surface area contributed by atoms with E-state index >= 15 is 0 Å². The zero-order valence-corrected chi connectivity index (χ0v) is 18.1. The number of hydrogen-bond acceptors (Lipinski definition) is 5. The fourth-order valence-corrected chi connectivity index (χ4v) is 4.02. The first kappa shape index (κ1) is 22.0. The SMILES string of the molecule is COC(=O)c1ccc(N2C(=O)C(O)=C(C(=O)CCc3ccccc3)C2c2ccccc2)cc1. The lowest BCUT2D eigenvalue weighted by molar-refractivity contribution is -0.118. The van der Waals surface area contributed by atoms with Crippen LogP contribution >= 0.6 is 0 Å². The Bertz CT molecular complexity index is 1200. The average Bonchev–Trinajstić information content (AvgIpc) is 3.13. The lowest BCUT2D eigenvalue weighted by Gasteiger charge is -2.27. The first-order chi connectivity index (χ1) is 16.0. The standard InChI is InChI=1S/C27H23NO5/c1-33-27(32)20-13-15-21(16-14-20)28-24(19-10-6-3-7-11-19)23(25(30)26(28)31)22(29)17-12-18-8-4-2-5-9-18/h2-11,13-16,24,30H,12,17H2,1H3. The van der Waals surface area contributed by atoms with Gasteiger partial charge < -0.3 is 9.84 Å². The monoisotopic (exact) mass is 441 g/mol. The Morgan fingerprint density at radius 2 is 1.52 bits per heavy atom. The van der Waals surface area contributed by atoms with Crippen LogP contribution < -0.4 is 4.90 Å². The second-order valence-corrected chi connectivity index (χ2v) is 7.70. The van der Waals surface area contributed by atoms with Gasteiger partial charge in [0.2, 0.25) is 0 Å². The van der Waals surface area contributed by atoms with E-state index in [-0.39, 0.29) is 17.8 Å². The molecule has 166 valence electrons. The van der Waals surface area contributed by atoms with E-state index < -0.39 is 23.7 Å². The first-order valence-electron chi connectivity index (χ1n) is 10.6. The molecule has 1 unspecified atom stereocenters. The molecule has 1 aliphatic heterocycles. The average molecular weight is 441 g/mol. The van der Waals surface area contributed by atoms with Crippen LogP contribution in [0.4, 0.5) is 5.69 Å². The van der Waals surface area contributed by atoms with Crippen LogP contribution in [0.5, 0.6) is 0 Å². The maximum atomic E-state index is 13.3.